The van der Waals surface area contributed by atoms with Crippen molar-refractivity contribution in [1.29, 1.82) is 0 Å². The number of aryl methyl sites for hydroxylation is 1. The molecule has 2 N–H and O–H groups in total. The summed E-state index contributed by atoms with van der Waals surface area (Å²) in [5.74, 6) is 4.92. The van der Waals surface area contributed by atoms with Crippen molar-refractivity contribution in [2.45, 2.75) is 51.2 Å². The Labute approximate surface area is 217 Å². The number of carbonyl (C=O) groups excluding carboxylic acids is 1. The summed E-state index contributed by atoms with van der Waals surface area (Å²) in [5.41, 5.74) is 7.28. The molecular formula is C27H32FN3O5S. The number of hydrogen-bond acceptors (Lipinski definition) is 6. The molecule has 0 radical (unpaired) electrons. The first-order valence-corrected chi connectivity index (χ1v) is 13.6. The molecular weight excluding hydrogens is 497 g/mol. The fourth-order valence-corrected chi connectivity index (χ4v) is 4.46. The third-order valence-corrected chi connectivity index (χ3v) is 6.51. The van der Waals surface area contributed by atoms with Gasteiger partial charge in [0.2, 0.25) is 0 Å². The number of aromatic nitrogens is 1. The lowest BCUT2D eigenvalue weighted by atomic mass is 10.2. The second-order valence-electron chi connectivity index (χ2n) is 9.56. The van der Waals surface area contributed by atoms with Crippen LogP contribution in [-0.2, 0) is 21.1 Å². The lowest BCUT2D eigenvalue weighted by Gasteiger charge is -2.27. The number of methoxy groups -OCH3 is 1. The molecule has 0 saturated carbocycles. The summed E-state index contributed by atoms with van der Waals surface area (Å²) < 4.78 is 52.1. The predicted molar refractivity (Wildman–Crippen MR) is 143 cm³/mol. The molecule has 0 aliphatic heterocycles. The van der Waals surface area contributed by atoms with Crippen LogP contribution in [-0.4, -0.2) is 44.6 Å². The van der Waals surface area contributed by atoms with E-state index in [1.807, 2.05) is 28.8 Å². The zero-order chi connectivity index (χ0) is 27.5. The topological polar surface area (TPSA) is 104 Å². The standard InChI is InChI=1S/C27H32FN3O5S/c1-7-13-30-18(15-20-22(29)11-8-12-23(20)30)10-9-14-31(26(32)36-27(2,3)4)25-21(28)16-19(37(6,33)34)17-24(25)35-5/h8,11-12,15-17H,7,13-14,29H2,1-6H3. The maximum atomic E-state index is 15.3. The van der Waals surface area contributed by atoms with Crippen molar-refractivity contribution in [2.75, 3.05) is 30.5 Å². The van der Waals surface area contributed by atoms with Gasteiger partial charge >= 0.3 is 6.09 Å². The normalized spacial score (nSPS) is 11.6. The molecule has 0 aliphatic carbocycles. The van der Waals surface area contributed by atoms with Crippen LogP contribution in [0.25, 0.3) is 10.9 Å². The molecule has 1 heterocycles. The molecule has 0 aliphatic rings. The summed E-state index contributed by atoms with van der Waals surface area (Å²) >= 11 is 0. The van der Waals surface area contributed by atoms with Crippen LogP contribution in [0.5, 0.6) is 5.75 Å². The molecule has 3 rings (SSSR count). The van der Waals surface area contributed by atoms with Crippen molar-refractivity contribution < 1.29 is 27.1 Å². The Morgan fingerprint density at radius 1 is 1.22 bits per heavy atom. The number of benzene rings is 2. The number of sulfone groups is 1. The largest absolute Gasteiger partial charge is 0.494 e. The Balaban J connectivity index is 2.10. The number of rotatable bonds is 6. The summed E-state index contributed by atoms with van der Waals surface area (Å²) in [6.07, 6.45) is 0.969. The maximum absolute atomic E-state index is 15.3. The van der Waals surface area contributed by atoms with Crippen LogP contribution in [0, 0.1) is 17.7 Å². The van der Waals surface area contributed by atoms with Gasteiger partial charge in [0.15, 0.2) is 15.7 Å². The number of nitrogen functional groups attached to an aromatic ring is 1. The highest BCUT2D eigenvalue weighted by Crippen LogP contribution is 2.35. The molecule has 1 aromatic heterocycles. The fourth-order valence-electron chi connectivity index (χ4n) is 3.82. The molecule has 0 spiro atoms. The number of nitrogens with two attached hydrogens (primary N) is 1. The average molecular weight is 530 g/mol. The lowest BCUT2D eigenvalue weighted by molar-refractivity contribution is 0.0583. The number of fused-ring (bicyclic) bond motifs is 1. The molecule has 0 fully saturated rings. The van der Waals surface area contributed by atoms with Crippen LogP contribution in [0.4, 0.5) is 20.6 Å². The van der Waals surface area contributed by atoms with Gasteiger partial charge in [0.1, 0.15) is 17.0 Å². The van der Waals surface area contributed by atoms with Gasteiger partial charge in [0, 0.05) is 29.9 Å². The highest BCUT2D eigenvalue weighted by Gasteiger charge is 2.29. The van der Waals surface area contributed by atoms with Crippen LogP contribution in [0.15, 0.2) is 41.3 Å². The average Bonchev–Trinajstić information content (AvgIpc) is 3.14. The molecule has 0 saturated heterocycles. The van der Waals surface area contributed by atoms with Crippen molar-refractivity contribution in [3.05, 3.63) is 47.9 Å². The number of ether oxygens (including phenoxy) is 2. The van der Waals surface area contributed by atoms with Gasteiger partial charge in [-0.1, -0.05) is 18.9 Å². The second-order valence-corrected chi connectivity index (χ2v) is 11.6. The molecule has 198 valence electrons. The van der Waals surface area contributed by atoms with Gasteiger partial charge < -0.3 is 19.8 Å². The van der Waals surface area contributed by atoms with Gasteiger partial charge in [-0.3, -0.25) is 4.90 Å². The van der Waals surface area contributed by atoms with E-state index >= 15 is 4.39 Å². The minimum absolute atomic E-state index is 0.138. The van der Waals surface area contributed by atoms with Gasteiger partial charge in [-0.2, -0.15) is 0 Å². The van der Waals surface area contributed by atoms with Crippen LogP contribution in [0.3, 0.4) is 0 Å². The van der Waals surface area contributed by atoms with Crippen LogP contribution < -0.4 is 15.4 Å². The number of anilines is 2. The summed E-state index contributed by atoms with van der Waals surface area (Å²) in [6.45, 7) is 7.56. The Morgan fingerprint density at radius 2 is 1.92 bits per heavy atom. The number of nitrogens with zero attached hydrogens (tertiary/aromatic N) is 2. The Kier molecular flexibility index (Phi) is 8.08. The van der Waals surface area contributed by atoms with E-state index in [1.165, 1.54) is 13.2 Å². The van der Waals surface area contributed by atoms with Crippen molar-refractivity contribution in [3.63, 3.8) is 0 Å². The molecule has 8 nitrogen and oxygen atoms in total. The molecule has 10 heteroatoms. The van der Waals surface area contributed by atoms with E-state index in [2.05, 4.69) is 18.8 Å². The maximum Gasteiger partial charge on any atom is 0.415 e. The first-order chi connectivity index (χ1) is 17.3. The van der Waals surface area contributed by atoms with Crippen molar-refractivity contribution >= 4 is 38.2 Å². The molecule has 2 aromatic carbocycles. The van der Waals surface area contributed by atoms with E-state index in [-0.39, 0.29) is 22.9 Å². The molecule has 37 heavy (non-hydrogen) atoms. The van der Waals surface area contributed by atoms with Gasteiger partial charge in [-0.25, -0.2) is 17.6 Å². The first-order valence-electron chi connectivity index (χ1n) is 11.7. The van der Waals surface area contributed by atoms with Gasteiger partial charge in [0.25, 0.3) is 0 Å². The molecule has 0 unspecified atom stereocenters. The third-order valence-electron chi connectivity index (χ3n) is 5.41. The van der Waals surface area contributed by atoms with Crippen LogP contribution >= 0.6 is 0 Å². The molecule has 3 aromatic rings. The molecule has 0 bridgehead atoms. The van der Waals surface area contributed by atoms with Crippen molar-refractivity contribution in [2.24, 2.45) is 0 Å². The van der Waals surface area contributed by atoms with E-state index in [0.717, 1.165) is 34.5 Å². The molecule has 0 atom stereocenters. The smallest absolute Gasteiger partial charge is 0.415 e. The Morgan fingerprint density at radius 3 is 2.51 bits per heavy atom. The van der Waals surface area contributed by atoms with Crippen LogP contribution in [0.2, 0.25) is 0 Å². The zero-order valence-electron chi connectivity index (χ0n) is 21.9. The van der Waals surface area contributed by atoms with Gasteiger partial charge in [-0.05, 0) is 57.4 Å². The predicted octanol–water partition coefficient (Wildman–Crippen LogP) is 4.98. The Hall–Kier alpha value is -3.71. The quantitative estimate of drug-likeness (QED) is 0.357. The van der Waals surface area contributed by atoms with E-state index in [9.17, 15) is 13.2 Å². The molecule has 1 amide bonds. The lowest BCUT2D eigenvalue weighted by Crippen LogP contribution is -2.38. The van der Waals surface area contributed by atoms with Crippen molar-refractivity contribution in [3.8, 4) is 17.6 Å². The zero-order valence-corrected chi connectivity index (χ0v) is 22.7. The van der Waals surface area contributed by atoms with E-state index in [1.54, 1.807) is 20.8 Å². The number of amides is 1. The van der Waals surface area contributed by atoms with E-state index in [0.29, 0.717) is 17.9 Å². The summed E-state index contributed by atoms with van der Waals surface area (Å²) in [7, 11) is -2.46. The Bertz CT molecular complexity index is 1490. The SMILES string of the molecule is CCCn1c(C#CCN(C(=O)OC(C)(C)C)c2c(F)cc(S(C)(=O)=O)cc2OC)cc2c(N)cccc21. The first kappa shape index (κ1) is 27.9. The van der Waals surface area contributed by atoms with Gasteiger partial charge in [-0.15, -0.1) is 0 Å². The van der Waals surface area contributed by atoms with Crippen molar-refractivity contribution in [1.82, 2.24) is 4.57 Å². The monoisotopic (exact) mass is 529 g/mol. The summed E-state index contributed by atoms with van der Waals surface area (Å²) in [6, 6.07) is 9.55. The second kappa shape index (κ2) is 10.7. The third kappa shape index (κ3) is 6.35. The minimum atomic E-state index is -3.72. The van der Waals surface area contributed by atoms with E-state index < -0.39 is 27.3 Å². The highest BCUT2D eigenvalue weighted by molar-refractivity contribution is 7.90. The fraction of sp³-hybridized carbons (Fsp3) is 0.370. The van der Waals surface area contributed by atoms with Crippen LogP contribution in [0.1, 0.15) is 39.8 Å². The summed E-state index contributed by atoms with van der Waals surface area (Å²) in [5, 5.41) is 0.869. The number of halogens is 1. The number of hydrogen-bond donors (Lipinski definition) is 1. The summed E-state index contributed by atoms with van der Waals surface area (Å²) in [4.78, 5) is 13.9. The van der Waals surface area contributed by atoms with E-state index in [4.69, 9.17) is 15.2 Å². The number of carbonyl (C=O) groups is 1. The highest BCUT2D eigenvalue weighted by atomic mass is 32.2. The van der Waals surface area contributed by atoms with Gasteiger partial charge in [0.05, 0.1) is 29.8 Å². The minimum Gasteiger partial charge on any atom is -0.494 e.